The molecule has 1 aromatic heterocycles. The van der Waals surface area contributed by atoms with Crippen LogP contribution in [0.1, 0.15) is 16.1 Å². The maximum Gasteiger partial charge on any atom is 0.202 e. The third-order valence-corrected chi connectivity index (χ3v) is 3.59. The second kappa shape index (κ2) is 5.62. The maximum atomic E-state index is 12.3. The normalized spacial score (nSPS) is 10.8. The van der Waals surface area contributed by atoms with Crippen LogP contribution in [0.4, 0.5) is 0 Å². The van der Waals surface area contributed by atoms with E-state index in [4.69, 9.17) is 20.8 Å². The van der Waals surface area contributed by atoms with Crippen molar-refractivity contribution in [2.75, 3.05) is 7.11 Å². The predicted molar refractivity (Wildman–Crippen MR) is 82.3 cm³/mol. The largest absolute Gasteiger partial charge is 0.497 e. The molecule has 0 amide bonds. The van der Waals surface area contributed by atoms with Crippen LogP contribution in [0.3, 0.4) is 0 Å². The van der Waals surface area contributed by atoms with E-state index in [-0.39, 0.29) is 12.2 Å². The van der Waals surface area contributed by atoms with E-state index >= 15 is 0 Å². The summed E-state index contributed by atoms with van der Waals surface area (Å²) in [6.07, 6.45) is 0.279. The first-order valence-corrected chi connectivity index (χ1v) is 6.89. The number of hydrogen-bond acceptors (Lipinski definition) is 3. The van der Waals surface area contributed by atoms with E-state index in [1.165, 1.54) is 0 Å². The molecular formula is C17H13ClO3. The van der Waals surface area contributed by atoms with Crippen LogP contribution >= 0.6 is 11.6 Å². The number of furan rings is 1. The number of carbonyl (C=O) groups is 1. The lowest BCUT2D eigenvalue weighted by Crippen LogP contribution is -2.01. The molecule has 0 spiro atoms. The summed E-state index contributed by atoms with van der Waals surface area (Å²) in [6, 6.07) is 14.6. The number of hydrogen-bond donors (Lipinski definition) is 0. The van der Waals surface area contributed by atoms with Crippen molar-refractivity contribution in [1.82, 2.24) is 0 Å². The van der Waals surface area contributed by atoms with Crippen molar-refractivity contribution in [3.05, 3.63) is 64.9 Å². The summed E-state index contributed by atoms with van der Waals surface area (Å²) in [4.78, 5) is 12.3. The van der Waals surface area contributed by atoms with Crippen LogP contribution in [-0.2, 0) is 6.42 Å². The second-order valence-corrected chi connectivity index (χ2v) is 5.12. The molecule has 0 unspecified atom stereocenters. The van der Waals surface area contributed by atoms with Crippen molar-refractivity contribution in [2.24, 2.45) is 0 Å². The second-order valence-electron chi connectivity index (χ2n) is 4.72. The molecule has 0 bridgehead atoms. The minimum Gasteiger partial charge on any atom is -0.497 e. The fraction of sp³-hybridized carbons (Fsp3) is 0.118. The van der Waals surface area contributed by atoms with Gasteiger partial charge in [-0.1, -0.05) is 35.9 Å². The minimum absolute atomic E-state index is 0.0765. The number of benzene rings is 2. The van der Waals surface area contributed by atoms with E-state index < -0.39 is 0 Å². The minimum atomic E-state index is -0.0765. The van der Waals surface area contributed by atoms with E-state index in [9.17, 15) is 4.79 Å². The molecule has 106 valence electrons. The lowest BCUT2D eigenvalue weighted by atomic mass is 10.1. The molecule has 21 heavy (non-hydrogen) atoms. The Hall–Kier alpha value is -2.26. The summed E-state index contributed by atoms with van der Waals surface area (Å²) in [7, 11) is 1.61. The van der Waals surface area contributed by atoms with Gasteiger partial charge in [0.25, 0.3) is 0 Å². The summed E-state index contributed by atoms with van der Waals surface area (Å²) in [5.74, 6) is 1.02. The number of carbonyl (C=O) groups excluding carboxylic acids is 1. The average Bonchev–Trinajstić information content (AvgIpc) is 2.94. The monoisotopic (exact) mass is 300 g/mol. The lowest BCUT2D eigenvalue weighted by Gasteiger charge is -2.01. The number of halogens is 1. The van der Waals surface area contributed by atoms with Gasteiger partial charge in [0.05, 0.1) is 12.1 Å². The summed E-state index contributed by atoms with van der Waals surface area (Å²) < 4.78 is 10.7. The highest BCUT2D eigenvalue weighted by Crippen LogP contribution is 2.27. The number of ketones is 1. The van der Waals surface area contributed by atoms with Gasteiger partial charge in [0.15, 0.2) is 11.3 Å². The summed E-state index contributed by atoms with van der Waals surface area (Å²) in [6.45, 7) is 0. The number of para-hydroxylation sites is 1. The van der Waals surface area contributed by atoms with E-state index in [0.717, 1.165) is 16.7 Å². The van der Waals surface area contributed by atoms with Gasteiger partial charge in [-0.15, -0.1) is 0 Å². The third-order valence-electron chi connectivity index (χ3n) is 3.29. The summed E-state index contributed by atoms with van der Waals surface area (Å²) >= 11 is 6.05. The zero-order valence-corrected chi connectivity index (χ0v) is 12.2. The average molecular weight is 301 g/mol. The molecule has 3 nitrogen and oxygen atoms in total. The molecule has 1 heterocycles. The molecule has 0 N–H and O–H groups in total. The summed E-state index contributed by atoms with van der Waals surface area (Å²) in [5.41, 5.74) is 1.46. The number of methoxy groups -OCH3 is 1. The molecule has 4 heteroatoms. The maximum absolute atomic E-state index is 12.3. The van der Waals surface area contributed by atoms with E-state index in [1.807, 2.05) is 36.4 Å². The molecule has 0 fully saturated rings. The first kappa shape index (κ1) is 13.7. The van der Waals surface area contributed by atoms with Crippen molar-refractivity contribution in [3.63, 3.8) is 0 Å². The highest BCUT2D eigenvalue weighted by Gasteiger charge is 2.14. The Morgan fingerprint density at radius 2 is 1.95 bits per heavy atom. The zero-order valence-electron chi connectivity index (χ0n) is 11.4. The van der Waals surface area contributed by atoms with Crippen molar-refractivity contribution in [2.45, 2.75) is 6.42 Å². The standard InChI is InChI=1S/C17H13ClO3/c1-20-13-7-5-11(6-8-13)9-15(19)16-10-12-3-2-4-14(18)17(12)21-16/h2-8,10H,9H2,1H3. The van der Waals surface area contributed by atoms with Gasteiger partial charge in [0.2, 0.25) is 5.78 Å². The molecular weight excluding hydrogens is 288 g/mol. The molecule has 0 atom stereocenters. The number of fused-ring (bicyclic) bond motifs is 1. The van der Waals surface area contributed by atoms with Crippen LogP contribution < -0.4 is 4.74 Å². The fourth-order valence-corrected chi connectivity index (χ4v) is 2.40. The van der Waals surface area contributed by atoms with Crippen LogP contribution in [0, 0.1) is 0 Å². The van der Waals surface area contributed by atoms with E-state index in [1.54, 1.807) is 19.2 Å². The molecule has 2 aromatic carbocycles. The first-order valence-electron chi connectivity index (χ1n) is 6.51. The van der Waals surface area contributed by atoms with Gasteiger partial charge < -0.3 is 9.15 Å². The fourth-order valence-electron chi connectivity index (χ4n) is 2.18. The van der Waals surface area contributed by atoms with Gasteiger partial charge in [-0.2, -0.15) is 0 Å². The summed E-state index contributed by atoms with van der Waals surface area (Å²) in [5, 5.41) is 1.34. The van der Waals surface area contributed by atoms with Gasteiger partial charge in [0, 0.05) is 11.8 Å². The van der Waals surface area contributed by atoms with Crippen LogP contribution in [-0.4, -0.2) is 12.9 Å². The Morgan fingerprint density at radius 3 is 2.62 bits per heavy atom. The molecule has 0 aliphatic carbocycles. The number of Topliss-reactive ketones (excluding diaryl/α,β-unsaturated/α-hetero) is 1. The van der Waals surface area contributed by atoms with Crippen LogP contribution in [0.5, 0.6) is 5.75 Å². The van der Waals surface area contributed by atoms with Gasteiger partial charge in [-0.25, -0.2) is 0 Å². The SMILES string of the molecule is COc1ccc(CC(=O)c2cc3cccc(Cl)c3o2)cc1. The van der Waals surface area contributed by atoms with Crippen LogP contribution in [0.15, 0.2) is 52.9 Å². The third kappa shape index (κ3) is 2.78. The highest BCUT2D eigenvalue weighted by molar-refractivity contribution is 6.34. The molecule has 0 saturated carbocycles. The topological polar surface area (TPSA) is 39.4 Å². The van der Waals surface area contributed by atoms with Crippen molar-refractivity contribution in [1.29, 1.82) is 0 Å². The van der Waals surface area contributed by atoms with Crippen molar-refractivity contribution < 1.29 is 13.9 Å². The lowest BCUT2D eigenvalue weighted by molar-refractivity contribution is 0.0968. The Labute approximate surface area is 127 Å². The zero-order chi connectivity index (χ0) is 14.8. The Kier molecular flexibility index (Phi) is 3.67. The molecule has 0 aliphatic heterocycles. The molecule has 0 radical (unpaired) electrons. The Morgan fingerprint density at radius 1 is 1.19 bits per heavy atom. The quantitative estimate of drug-likeness (QED) is 0.665. The molecule has 3 rings (SSSR count). The van der Waals surface area contributed by atoms with Gasteiger partial charge in [0.1, 0.15) is 5.75 Å². The smallest absolute Gasteiger partial charge is 0.202 e. The first-order chi connectivity index (χ1) is 10.2. The van der Waals surface area contributed by atoms with Crippen LogP contribution in [0.2, 0.25) is 5.02 Å². The predicted octanol–water partition coefficient (Wildman–Crippen LogP) is 4.52. The van der Waals surface area contributed by atoms with Gasteiger partial charge >= 0.3 is 0 Å². The van der Waals surface area contributed by atoms with Crippen molar-refractivity contribution in [3.8, 4) is 5.75 Å². The van der Waals surface area contributed by atoms with Gasteiger partial charge in [-0.05, 0) is 29.8 Å². The van der Waals surface area contributed by atoms with Crippen molar-refractivity contribution >= 4 is 28.4 Å². The van der Waals surface area contributed by atoms with Gasteiger partial charge in [-0.3, -0.25) is 4.79 Å². The Bertz CT molecular complexity index is 787. The van der Waals surface area contributed by atoms with Crippen LogP contribution in [0.25, 0.3) is 11.0 Å². The number of ether oxygens (including phenoxy) is 1. The van der Waals surface area contributed by atoms with E-state index in [0.29, 0.717) is 16.4 Å². The highest BCUT2D eigenvalue weighted by atomic mass is 35.5. The molecule has 0 aliphatic rings. The molecule has 0 saturated heterocycles. The Balaban J connectivity index is 1.84. The van der Waals surface area contributed by atoms with E-state index in [2.05, 4.69) is 0 Å². The number of rotatable bonds is 4. The molecule has 3 aromatic rings.